The maximum absolute atomic E-state index is 5.45. The lowest BCUT2D eigenvalue weighted by molar-refractivity contribution is 0.109. The molecule has 0 unspecified atom stereocenters. The summed E-state index contributed by atoms with van der Waals surface area (Å²) in [7, 11) is 4.90. The molecular weight excluding hydrogens is 280 g/mol. The van der Waals surface area contributed by atoms with Crippen molar-refractivity contribution in [2.45, 2.75) is 45.2 Å². The second-order valence-electron chi connectivity index (χ2n) is 5.70. The Morgan fingerprint density at radius 3 is 2.00 bits per heavy atom. The molecule has 0 bridgehead atoms. The van der Waals surface area contributed by atoms with Crippen LogP contribution >= 0.6 is 0 Å². The molecule has 22 heavy (non-hydrogen) atoms. The van der Waals surface area contributed by atoms with E-state index in [4.69, 9.17) is 19.3 Å². The molecule has 5 heteroatoms. The standard InChI is InChI=1S/C17H26N2O3/c1-12-7-6-8-13(2)19(12)18-11-15-16(21-4)9-14(20-3)10-17(15)22-5/h9-13H,6-8H2,1-5H3/b18-11-/t12-,13+. The Bertz CT molecular complexity index is 496. The Balaban J connectivity index is 2.32. The maximum Gasteiger partial charge on any atom is 0.135 e. The van der Waals surface area contributed by atoms with Crippen LogP contribution in [0.4, 0.5) is 0 Å². The molecule has 0 aliphatic carbocycles. The van der Waals surface area contributed by atoms with Gasteiger partial charge in [0.2, 0.25) is 0 Å². The zero-order valence-corrected chi connectivity index (χ0v) is 14.1. The van der Waals surface area contributed by atoms with E-state index in [1.165, 1.54) is 19.3 Å². The molecule has 1 heterocycles. The van der Waals surface area contributed by atoms with Crippen molar-refractivity contribution in [2.75, 3.05) is 21.3 Å². The third-order valence-corrected chi connectivity index (χ3v) is 4.22. The fourth-order valence-electron chi connectivity index (χ4n) is 2.92. The number of hydrogen-bond donors (Lipinski definition) is 0. The molecule has 1 aliphatic rings. The predicted molar refractivity (Wildman–Crippen MR) is 88.3 cm³/mol. The van der Waals surface area contributed by atoms with Gasteiger partial charge in [-0.2, -0.15) is 5.10 Å². The second kappa shape index (κ2) is 7.38. The van der Waals surface area contributed by atoms with Gasteiger partial charge < -0.3 is 14.2 Å². The Morgan fingerprint density at radius 1 is 1.00 bits per heavy atom. The van der Waals surface area contributed by atoms with Crippen molar-refractivity contribution in [2.24, 2.45) is 5.10 Å². The first-order chi connectivity index (χ1) is 10.6. The van der Waals surface area contributed by atoms with Crippen molar-refractivity contribution in [1.29, 1.82) is 0 Å². The smallest absolute Gasteiger partial charge is 0.135 e. The summed E-state index contributed by atoms with van der Waals surface area (Å²) in [6, 6.07) is 4.59. The van der Waals surface area contributed by atoms with Crippen LogP contribution in [0.3, 0.4) is 0 Å². The first kappa shape index (κ1) is 16.5. The van der Waals surface area contributed by atoms with E-state index in [1.54, 1.807) is 21.3 Å². The first-order valence-electron chi connectivity index (χ1n) is 7.73. The van der Waals surface area contributed by atoms with E-state index in [0.29, 0.717) is 29.3 Å². The molecule has 2 rings (SSSR count). The Kier molecular flexibility index (Phi) is 5.52. The number of ether oxygens (including phenoxy) is 3. The SMILES string of the molecule is COc1cc(OC)c(/C=N\N2[C@H](C)CCC[C@@H]2C)c(OC)c1. The Morgan fingerprint density at radius 2 is 1.55 bits per heavy atom. The van der Waals surface area contributed by atoms with E-state index in [-0.39, 0.29) is 0 Å². The van der Waals surface area contributed by atoms with Crippen LogP contribution in [0.25, 0.3) is 0 Å². The van der Waals surface area contributed by atoms with Crippen LogP contribution in [0.1, 0.15) is 38.7 Å². The number of nitrogens with zero attached hydrogens (tertiary/aromatic N) is 2. The molecule has 2 atom stereocenters. The summed E-state index contributed by atoms with van der Waals surface area (Å²) >= 11 is 0. The van der Waals surface area contributed by atoms with Crippen LogP contribution in [-0.2, 0) is 0 Å². The summed E-state index contributed by atoms with van der Waals surface area (Å²) in [5.41, 5.74) is 0.829. The summed E-state index contributed by atoms with van der Waals surface area (Å²) in [6.45, 7) is 4.44. The van der Waals surface area contributed by atoms with Gasteiger partial charge in [0.25, 0.3) is 0 Å². The van der Waals surface area contributed by atoms with Crippen molar-refractivity contribution in [3.8, 4) is 17.2 Å². The predicted octanol–water partition coefficient (Wildman–Crippen LogP) is 3.31. The highest BCUT2D eigenvalue weighted by Crippen LogP contribution is 2.33. The summed E-state index contributed by atoms with van der Waals surface area (Å²) < 4.78 is 16.2. The third kappa shape index (κ3) is 3.46. The minimum absolute atomic E-state index is 0.454. The van der Waals surface area contributed by atoms with Crippen LogP contribution < -0.4 is 14.2 Å². The molecule has 0 spiro atoms. The minimum atomic E-state index is 0.454. The number of hydrogen-bond acceptors (Lipinski definition) is 5. The zero-order valence-electron chi connectivity index (χ0n) is 14.1. The largest absolute Gasteiger partial charge is 0.496 e. The highest BCUT2D eigenvalue weighted by Gasteiger charge is 2.23. The summed E-state index contributed by atoms with van der Waals surface area (Å²) in [4.78, 5) is 0. The van der Waals surface area contributed by atoms with E-state index in [2.05, 4.69) is 18.9 Å². The van der Waals surface area contributed by atoms with E-state index in [9.17, 15) is 0 Å². The van der Waals surface area contributed by atoms with Gasteiger partial charge in [0, 0.05) is 24.2 Å². The highest BCUT2D eigenvalue weighted by molar-refractivity contribution is 5.88. The third-order valence-electron chi connectivity index (χ3n) is 4.22. The number of benzene rings is 1. The highest BCUT2D eigenvalue weighted by atomic mass is 16.5. The van der Waals surface area contributed by atoms with Gasteiger partial charge >= 0.3 is 0 Å². The molecule has 1 fully saturated rings. The second-order valence-corrected chi connectivity index (χ2v) is 5.70. The van der Waals surface area contributed by atoms with Crippen molar-refractivity contribution in [3.05, 3.63) is 17.7 Å². The number of hydrazone groups is 1. The fraction of sp³-hybridized carbons (Fsp3) is 0.588. The average Bonchev–Trinajstić information content (AvgIpc) is 2.53. The molecule has 0 amide bonds. The van der Waals surface area contributed by atoms with Crippen molar-refractivity contribution < 1.29 is 14.2 Å². The fourth-order valence-corrected chi connectivity index (χ4v) is 2.92. The van der Waals surface area contributed by atoms with Crippen LogP contribution in [-0.4, -0.2) is 44.6 Å². The number of rotatable bonds is 5. The van der Waals surface area contributed by atoms with Gasteiger partial charge in [0.05, 0.1) is 33.1 Å². The Hall–Kier alpha value is -1.91. The average molecular weight is 306 g/mol. The first-order valence-corrected chi connectivity index (χ1v) is 7.73. The van der Waals surface area contributed by atoms with E-state index in [0.717, 1.165) is 5.56 Å². The van der Waals surface area contributed by atoms with Gasteiger partial charge in [-0.3, -0.25) is 5.01 Å². The minimum Gasteiger partial charge on any atom is -0.496 e. The molecule has 1 aromatic rings. The van der Waals surface area contributed by atoms with Gasteiger partial charge in [0.15, 0.2) is 0 Å². The quantitative estimate of drug-likeness (QED) is 0.783. The summed E-state index contributed by atoms with van der Waals surface area (Å²) in [6.07, 6.45) is 5.45. The van der Waals surface area contributed by atoms with E-state index >= 15 is 0 Å². The number of piperidine rings is 1. The van der Waals surface area contributed by atoms with Crippen LogP contribution in [0.15, 0.2) is 17.2 Å². The lowest BCUT2D eigenvalue weighted by atomic mass is 10.00. The van der Waals surface area contributed by atoms with Crippen LogP contribution in [0.5, 0.6) is 17.2 Å². The van der Waals surface area contributed by atoms with Crippen LogP contribution in [0, 0.1) is 0 Å². The molecule has 1 aliphatic heterocycles. The molecule has 0 aromatic heterocycles. The van der Waals surface area contributed by atoms with Gasteiger partial charge in [-0.25, -0.2) is 0 Å². The monoisotopic (exact) mass is 306 g/mol. The Labute approximate surface area is 132 Å². The van der Waals surface area contributed by atoms with E-state index < -0.39 is 0 Å². The molecule has 1 aromatic carbocycles. The molecule has 5 nitrogen and oxygen atoms in total. The number of methoxy groups -OCH3 is 3. The van der Waals surface area contributed by atoms with Crippen molar-refractivity contribution >= 4 is 6.21 Å². The van der Waals surface area contributed by atoms with Gasteiger partial charge in [0.1, 0.15) is 17.2 Å². The summed E-state index contributed by atoms with van der Waals surface area (Å²) in [5, 5.41) is 6.87. The van der Waals surface area contributed by atoms with Crippen molar-refractivity contribution in [3.63, 3.8) is 0 Å². The normalized spacial score (nSPS) is 22.0. The zero-order chi connectivity index (χ0) is 16.1. The topological polar surface area (TPSA) is 43.3 Å². The van der Waals surface area contributed by atoms with Gasteiger partial charge in [-0.05, 0) is 33.1 Å². The van der Waals surface area contributed by atoms with Gasteiger partial charge in [-0.15, -0.1) is 0 Å². The molecule has 122 valence electrons. The molecule has 0 N–H and O–H groups in total. The van der Waals surface area contributed by atoms with Gasteiger partial charge in [-0.1, -0.05) is 0 Å². The lowest BCUT2D eigenvalue weighted by Gasteiger charge is -2.36. The molecule has 0 saturated carbocycles. The molecule has 1 saturated heterocycles. The maximum atomic E-state index is 5.45. The molecule has 0 radical (unpaired) electrons. The summed E-state index contributed by atoms with van der Waals surface area (Å²) in [5.74, 6) is 2.08. The van der Waals surface area contributed by atoms with Crippen molar-refractivity contribution in [1.82, 2.24) is 5.01 Å². The van der Waals surface area contributed by atoms with Crippen LogP contribution in [0.2, 0.25) is 0 Å². The van der Waals surface area contributed by atoms with E-state index in [1.807, 2.05) is 18.3 Å². The lowest BCUT2D eigenvalue weighted by Crippen LogP contribution is -2.39. The molecular formula is C17H26N2O3.